The molecule has 0 saturated heterocycles. The first-order valence-electron chi connectivity index (χ1n) is 4.84. The van der Waals surface area contributed by atoms with E-state index in [9.17, 15) is 8.42 Å². The maximum Gasteiger partial charge on any atom is 0.232 e. The smallest absolute Gasteiger partial charge is 0.232 e. The van der Waals surface area contributed by atoms with Crippen LogP contribution in [0.1, 0.15) is 5.56 Å². The van der Waals surface area contributed by atoms with Gasteiger partial charge >= 0.3 is 0 Å². The first kappa shape index (κ1) is 11.0. The molecule has 0 fully saturated rings. The van der Waals surface area contributed by atoms with E-state index >= 15 is 0 Å². The minimum Gasteiger partial charge on any atom is -0.497 e. The highest BCUT2D eigenvalue weighted by Crippen LogP contribution is 2.31. The van der Waals surface area contributed by atoms with Crippen LogP contribution in [-0.2, 0) is 10.0 Å². The van der Waals surface area contributed by atoms with Gasteiger partial charge in [-0.2, -0.15) is 0 Å². The van der Waals surface area contributed by atoms with Crippen LogP contribution in [0.25, 0.3) is 6.08 Å². The lowest BCUT2D eigenvalue weighted by molar-refractivity contribution is 0.415. The molecule has 0 unspecified atom stereocenters. The first-order valence-corrected chi connectivity index (χ1v) is 6.69. The largest absolute Gasteiger partial charge is 0.497 e. The number of fused-ring (bicyclic) bond motifs is 1. The summed E-state index contributed by atoms with van der Waals surface area (Å²) in [7, 11) is -1.68. The molecule has 4 nitrogen and oxygen atoms in total. The number of ether oxygens (including phenoxy) is 1. The summed E-state index contributed by atoms with van der Waals surface area (Å²) >= 11 is 0. The van der Waals surface area contributed by atoms with Crippen LogP contribution in [0.3, 0.4) is 0 Å². The molecule has 5 heteroatoms. The van der Waals surface area contributed by atoms with Crippen LogP contribution in [0.2, 0.25) is 0 Å². The predicted molar refractivity (Wildman–Crippen MR) is 64.2 cm³/mol. The van der Waals surface area contributed by atoms with Crippen molar-refractivity contribution in [3.63, 3.8) is 0 Å². The molecule has 1 aliphatic rings. The van der Waals surface area contributed by atoms with Crippen molar-refractivity contribution in [2.75, 3.05) is 24.2 Å². The zero-order chi connectivity index (χ0) is 11.8. The fraction of sp³-hybridized carbons (Fsp3) is 0.273. The number of benzene rings is 1. The number of anilines is 1. The van der Waals surface area contributed by atoms with Crippen molar-refractivity contribution in [2.45, 2.75) is 0 Å². The third-order valence-corrected chi connectivity index (χ3v) is 3.62. The predicted octanol–water partition coefficient (Wildman–Crippen LogP) is 1.49. The minimum atomic E-state index is -3.24. The molecule has 0 amide bonds. The second kappa shape index (κ2) is 3.83. The molecule has 1 heterocycles. The summed E-state index contributed by atoms with van der Waals surface area (Å²) < 4.78 is 29.7. The second-order valence-corrected chi connectivity index (χ2v) is 5.53. The topological polar surface area (TPSA) is 46.6 Å². The van der Waals surface area contributed by atoms with Gasteiger partial charge in [-0.05, 0) is 17.7 Å². The van der Waals surface area contributed by atoms with E-state index in [0.717, 1.165) is 5.56 Å². The monoisotopic (exact) mass is 239 g/mol. The molecule has 0 spiro atoms. The number of methoxy groups -OCH3 is 1. The van der Waals surface area contributed by atoms with Gasteiger partial charge in [0.25, 0.3) is 0 Å². The number of hydrogen-bond acceptors (Lipinski definition) is 3. The molecule has 1 aromatic rings. The van der Waals surface area contributed by atoms with Crippen molar-refractivity contribution in [1.82, 2.24) is 0 Å². The molecule has 0 radical (unpaired) electrons. The van der Waals surface area contributed by atoms with E-state index < -0.39 is 10.0 Å². The van der Waals surface area contributed by atoms with Gasteiger partial charge in [0.15, 0.2) is 0 Å². The Bertz CT molecular complexity index is 534. The third kappa shape index (κ3) is 1.90. The van der Waals surface area contributed by atoms with Crippen molar-refractivity contribution in [1.29, 1.82) is 0 Å². The fourth-order valence-electron chi connectivity index (χ4n) is 1.70. The second-order valence-electron chi connectivity index (χ2n) is 3.62. The fourth-order valence-corrected chi connectivity index (χ4v) is 2.57. The van der Waals surface area contributed by atoms with E-state index in [-0.39, 0.29) is 0 Å². The highest BCUT2D eigenvalue weighted by Gasteiger charge is 2.21. The molecule has 2 rings (SSSR count). The Morgan fingerprint density at radius 3 is 2.75 bits per heavy atom. The van der Waals surface area contributed by atoms with E-state index in [1.165, 1.54) is 10.6 Å². The van der Waals surface area contributed by atoms with Gasteiger partial charge in [-0.1, -0.05) is 12.2 Å². The molecular formula is C11H13NO3S. The standard InChI is InChI=1S/C11H13NO3S/c1-15-10-6-5-9-4-3-7-12(11(9)8-10)16(2,13)14/h3-6,8H,7H2,1-2H3. The molecule has 0 saturated carbocycles. The van der Waals surface area contributed by atoms with Crippen LogP contribution >= 0.6 is 0 Å². The van der Waals surface area contributed by atoms with E-state index in [1.54, 1.807) is 13.2 Å². The van der Waals surface area contributed by atoms with Crippen LogP contribution in [0.4, 0.5) is 5.69 Å². The third-order valence-electron chi connectivity index (χ3n) is 2.48. The average molecular weight is 239 g/mol. The normalized spacial score (nSPS) is 14.8. The number of nitrogens with zero attached hydrogens (tertiary/aromatic N) is 1. The van der Waals surface area contributed by atoms with Gasteiger partial charge in [-0.15, -0.1) is 0 Å². The van der Waals surface area contributed by atoms with Crippen LogP contribution in [-0.4, -0.2) is 28.3 Å². The van der Waals surface area contributed by atoms with Gasteiger partial charge in [0.1, 0.15) is 5.75 Å². The lowest BCUT2D eigenvalue weighted by atomic mass is 10.1. The summed E-state index contributed by atoms with van der Waals surface area (Å²) in [6.45, 7) is 0.374. The molecule has 0 aliphatic carbocycles. The van der Waals surface area contributed by atoms with Gasteiger partial charge in [0.05, 0.1) is 25.6 Å². The number of sulfonamides is 1. The summed E-state index contributed by atoms with van der Waals surface area (Å²) in [4.78, 5) is 0. The molecule has 0 N–H and O–H groups in total. The van der Waals surface area contributed by atoms with E-state index in [4.69, 9.17) is 4.74 Å². The van der Waals surface area contributed by atoms with Crippen LogP contribution in [0, 0.1) is 0 Å². The Balaban J connectivity index is 2.56. The highest BCUT2D eigenvalue weighted by molar-refractivity contribution is 7.92. The molecule has 1 aromatic carbocycles. The van der Waals surface area contributed by atoms with Crippen molar-refractivity contribution in [3.8, 4) is 5.75 Å². The van der Waals surface area contributed by atoms with Crippen LogP contribution in [0.15, 0.2) is 24.3 Å². The summed E-state index contributed by atoms with van der Waals surface area (Å²) in [5.74, 6) is 0.655. The molecule has 86 valence electrons. The number of rotatable bonds is 2. The van der Waals surface area contributed by atoms with Gasteiger partial charge < -0.3 is 4.74 Å². The zero-order valence-electron chi connectivity index (χ0n) is 9.17. The summed E-state index contributed by atoms with van der Waals surface area (Å²) in [6, 6.07) is 5.40. The van der Waals surface area contributed by atoms with Crippen LogP contribution in [0.5, 0.6) is 5.75 Å². The zero-order valence-corrected chi connectivity index (χ0v) is 9.99. The van der Waals surface area contributed by atoms with E-state index in [2.05, 4.69) is 0 Å². The minimum absolute atomic E-state index is 0.374. The maximum absolute atomic E-state index is 11.6. The SMILES string of the molecule is COc1ccc2c(c1)N(S(C)(=O)=O)CC=C2. The Morgan fingerprint density at radius 2 is 2.12 bits per heavy atom. The van der Waals surface area contributed by atoms with Crippen molar-refractivity contribution in [2.24, 2.45) is 0 Å². The van der Waals surface area contributed by atoms with Gasteiger partial charge in [-0.25, -0.2) is 8.42 Å². The molecular weight excluding hydrogens is 226 g/mol. The molecule has 0 atom stereocenters. The van der Waals surface area contributed by atoms with Crippen molar-refractivity contribution < 1.29 is 13.2 Å². The maximum atomic E-state index is 11.6. The quantitative estimate of drug-likeness (QED) is 0.785. The highest BCUT2D eigenvalue weighted by atomic mass is 32.2. The molecule has 1 aliphatic heterocycles. The van der Waals surface area contributed by atoms with E-state index in [0.29, 0.717) is 18.0 Å². The van der Waals surface area contributed by atoms with Crippen molar-refractivity contribution in [3.05, 3.63) is 29.8 Å². The van der Waals surface area contributed by atoms with Crippen LogP contribution < -0.4 is 9.04 Å². The van der Waals surface area contributed by atoms with Gasteiger partial charge in [-0.3, -0.25) is 4.31 Å². The van der Waals surface area contributed by atoms with Gasteiger partial charge in [0.2, 0.25) is 10.0 Å². The summed E-state index contributed by atoms with van der Waals surface area (Å²) in [6.07, 6.45) is 4.95. The molecule has 0 bridgehead atoms. The Labute approximate surface area is 95.2 Å². The Kier molecular flexibility index (Phi) is 2.63. The molecule has 0 aromatic heterocycles. The lowest BCUT2D eigenvalue weighted by Crippen LogP contribution is -2.31. The number of hydrogen-bond donors (Lipinski definition) is 0. The summed E-state index contributed by atoms with van der Waals surface area (Å²) in [5, 5.41) is 0. The first-order chi connectivity index (χ1) is 7.52. The Morgan fingerprint density at radius 1 is 1.38 bits per heavy atom. The molecule has 16 heavy (non-hydrogen) atoms. The van der Waals surface area contributed by atoms with Gasteiger partial charge in [0, 0.05) is 6.07 Å². The van der Waals surface area contributed by atoms with E-state index in [1.807, 2.05) is 24.3 Å². The lowest BCUT2D eigenvalue weighted by Gasteiger charge is -2.26. The Hall–Kier alpha value is -1.49. The average Bonchev–Trinajstić information content (AvgIpc) is 2.26. The summed E-state index contributed by atoms with van der Waals surface area (Å²) in [5.41, 5.74) is 1.56. The van der Waals surface area contributed by atoms with Crippen molar-refractivity contribution >= 4 is 21.8 Å².